The molecule has 0 aliphatic rings. The Morgan fingerprint density at radius 1 is 0.235 bits per heavy atom. The van der Waals surface area contributed by atoms with E-state index in [1.54, 1.807) is 24.9 Å². The van der Waals surface area contributed by atoms with Crippen molar-refractivity contribution in [1.29, 1.82) is 0 Å². The van der Waals surface area contributed by atoms with Crippen LogP contribution in [0.15, 0.2) is 246 Å². The van der Waals surface area contributed by atoms with Crippen molar-refractivity contribution in [2.45, 2.75) is 19.6 Å². The van der Waals surface area contributed by atoms with Gasteiger partial charge in [-0.05, 0) is 103 Å². The van der Waals surface area contributed by atoms with Gasteiger partial charge in [0.2, 0.25) is 0 Å². The molecule has 9 aromatic carbocycles. The van der Waals surface area contributed by atoms with E-state index in [4.69, 9.17) is 70.5 Å². The van der Waals surface area contributed by atoms with Gasteiger partial charge in [-0.2, -0.15) is 19.6 Å². The largest absolute Gasteiger partial charge is 2.00 e. The summed E-state index contributed by atoms with van der Waals surface area (Å²) in [6.45, 7) is 0. The van der Waals surface area contributed by atoms with Gasteiger partial charge in [-0.15, -0.1) is 0 Å². The fourth-order valence-electron chi connectivity index (χ4n) is 7.36. The van der Waals surface area contributed by atoms with Crippen LogP contribution < -0.4 is 0 Å². The summed E-state index contributed by atoms with van der Waals surface area (Å²) >= 11 is 23.3. The molecule has 9 aromatic rings. The molecule has 0 fully saturated rings. The molecule has 0 amide bonds. The van der Waals surface area contributed by atoms with E-state index in [0.717, 1.165) is 66.8 Å². The third kappa shape index (κ3) is 12.3. The fourth-order valence-corrected chi connectivity index (χ4v) is 8.08. The third-order valence-electron chi connectivity index (χ3n) is 10.9. The van der Waals surface area contributed by atoms with E-state index in [0.29, 0.717) is 42.3 Å². The van der Waals surface area contributed by atoms with Crippen LogP contribution in [0.1, 0.15) is 22.3 Å². The first-order valence-electron chi connectivity index (χ1n) is 21.1. The maximum Gasteiger partial charge on any atom is 2.00 e. The molecule has 0 saturated heterocycles. The fraction of sp³-hybridized carbons (Fsp3) is 0. The number of benzene rings is 9. The summed E-state index contributed by atoms with van der Waals surface area (Å²) in [6, 6.07) is 68.7. The van der Waals surface area contributed by atoms with Crippen molar-refractivity contribution in [2.75, 3.05) is 0 Å². The molecule has 0 N–H and O–H groups in total. The normalized spacial score (nSPS) is 11.3. The van der Waals surface area contributed by atoms with E-state index in [1.807, 2.05) is 133 Å². The first-order valence-corrected chi connectivity index (χ1v) is 22.8. The number of aliphatic imine (C=N–C) groups is 4. The Labute approximate surface area is 445 Å². The van der Waals surface area contributed by atoms with Gasteiger partial charge in [-0.25, -0.2) is 0 Å². The van der Waals surface area contributed by atoms with Crippen molar-refractivity contribution in [3.8, 4) is 44.5 Å². The molecule has 0 bridgehead atoms. The van der Waals surface area contributed by atoms with E-state index < -0.39 is 0 Å². The molecule has 4 nitrogen and oxygen atoms in total. The standard InChI is InChI=1S/C58H42N4S4.2Zn/c63-55-25-21-43(39-13-5-1-6-14-39)29-47(55)35-59-51-33-53(61-37-49-31-45(23-27-57(49)65)41-17-9-3-10-18-41)54(62-38-50-32-46(24-28-58(50)66)42-19-11-4-12-20-42)34-52(51)60-36-48-30-44(22-26-56(48)64)40-15-7-2-8-16-40;;/h1-38,63-66H;;/q;2*+2/p-4. The molecule has 0 aliphatic carbocycles. The molecule has 0 aromatic heterocycles. The van der Waals surface area contributed by atoms with Gasteiger partial charge in [0.25, 0.3) is 0 Å². The summed E-state index contributed by atoms with van der Waals surface area (Å²) in [7, 11) is 0. The molecule has 9 rings (SSSR count). The van der Waals surface area contributed by atoms with E-state index in [2.05, 4.69) is 72.8 Å². The summed E-state index contributed by atoms with van der Waals surface area (Å²) in [6.07, 6.45) is 7.16. The maximum atomic E-state index is 5.83. The van der Waals surface area contributed by atoms with Crippen molar-refractivity contribution >= 4 is 98.1 Å². The van der Waals surface area contributed by atoms with Crippen LogP contribution in [0, 0.1) is 0 Å². The second-order valence-electron chi connectivity index (χ2n) is 15.3. The van der Waals surface area contributed by atoms with Gasteiger partial charge in [0.05, 0.1) is 22.7 Å². The van der Waals surface area contributed by atoms with Crippen LogP contribution in [0.3, 0.4) is 0 Å². The molecule has 0 heterocycles. The molecule has 0 atom stereocenters. The van der Waals surface area contributed by atoms with E-state index in [1.165, 1.54) is 0 Å². The van der Waals surface area contributed by atoms with Crippen molar-refractivity contribution in [2.24, 2.45) is 20.0 Å². The monoisotopic (exact) mass is 1050 g/mol. The van der Waals surface area contributed by atoms with Gasteiger partial charge >= 0.3 is 39.0 Å². The van der Waals surface area contributed by atoms with Crippen LogP contribution in [0.2, 0.25) is 0 Å². The Morgan fingerprint density at radius 3 is 0.647 bits per heavy atom. The van der Waals surface area contributed by atoms with Crippen molar-refractivity contribution < 1.29 is 39.0 Å². The number of hydrogen-bond acceptors (Lipinski definition) is 8. The molecule has 0 aliphatic heterocycles. The Kier molecular flexibility index (Phi) is 17.3. The average Bonchev–Trinajstić information content (AvgIpc) is 3.36. The van der Waals surface area contributed by atoms with Crippen LogP contribution in [-0.2, 0) is 89.5 Å². The molecule has 10 heteroatoms. The van der Waals surface area contributed by atoms with Gasteiger partial charge in [0, 0.05) is 24.9 Å². The van der Waals surface area contributed by atoms with Gasteiger partial charge in [-0.3, -0.25) is 20.0 Å². The minimum absolute atomic E-state index is 0. The quantitative estimate of drug-likeness (QED) is 0.0695. The molecule has 0 unspecified atom stereocenters. The van der Waals surface area contributed by atoms with Crippen molar-refractivity contribution in [3.05, 3.63) is 229 Å². The third-order valence-corrected chi connectivity index (χ3v) is 12.4. The number of nitrogens with zero attached hydrogens (tertiary/aromatic N) is 4. The van der Waals surface area contributed by atoms with E-state index >= 15 is 0 Å². The summed E-state index contributed by atoms with van der Waals surface area (Å²) in [5.74, 6) is 0. The molecular formula is C58H38N4S4Zn2. The number of hydrogen-bond donors (Lipinski definition) is 0. The Bertz CT molecular complexity index is 2850. The zero-order valence-electron chi connectivity index (χ0n) is 36.8. The molecule has 318 valence electrons. The summed E-state index contributed by atoms with van der Waals surface area (Å²) < 4.78 is 0. The van der Waals surface area contributed by atoms with Gasteiger partial charge < -0.3 is 50.5 Å². The van der Waals surface area contributed by atoms with Crippen LogP contribution in [0.25, 0.3) is 44.5 Å². The minimum atomic E-state index is 0. The zero-order chi connectivity index (χ0) is 45.2. The average molecular weight is 1050 g/mol. The van der Waals surface area contributed by atoms with Crippen LogP contribution >= 0.6 is 0 Å². The summed E-state index contributed by atoms with van der Waals surface area (Å²) in [4.78, 5) is 23.0. The minimum Gasteiger partial charge on any atom is -0.779 e. The van der Waals surface area contributed by atoms with Crippen LogP contribution in [0.5, 0.6) is 0 Å². The van der Waals surface area contributed by atoms with Crippen LogP contribution in [0.4, 0.5) is 22.7 Å². The Morgan fingerprint density at radius 2 is 0.441 bits per heavy atom. The predicted octanol–water partition coefficient (Wildman–Crippen LogP) is 15.0. The first kappa shape index (κ1) is 49.7. The van der Waals surface area contributed by atoms with Crippen molar-refractivity contribution in [3.63, 3.8) is 0 Å². The Balaban J connectivity index is 0.00000342. The Hall–Kier alpha value is -6.21. The van der Waals surface area contributed by atoms with Gasteiger partial charge in [0.1, 0.15) is 0 Å². The zero-order valence-corrected chi connectivity index (χ0v) is 46.0. The first-order chi connectivity index (χ1) is 32.3. The summed E-state index contributed by atoms with van der Waals surface area (Å²) in [5.41, 5.74) is 13.8. The number of rotatable bonds is 12. The van der Waals surface area contributed by atoms with E-state index in [9.17, 15) is 0 Å². The predicted molar refractivity (Wildman–Crippen MR) is 285 cm³/mol. The molecule has 0 saturated carbocycles. The second-order valence-corrected chi connectivity index (χ2v) is 17.1. The van der Waals surface area contributed by atoms with Crippen molar-refractivity contribution in [1.82, 2.24) is 0 Å². The molecule has 0 spiro atoms. The topological polar surface area (TPSA) is 49.4 Å². The van der Waals surface area contributed by atoms with Gasteiger partial charge in [0.15, 0.2) is 0 Å². The van der Waals surface area contributed by atoms with Gasteiger partial charge in [-0.1, -0.05) is 170 Å². The molecular weight excluding hydrogens is 1010 g/mol. The van der Waals surface area contributed by atoms with E-state index in [-0.39, 0.29) is 39.0 Å². The smallest absolute Gasteiger partial charge is 0.779 e. The van der Waals surface area contributed by atoms with Crippen LogP contribution in [-0.4, -0.2) is 24.9 Å². The molecule has 68 heavy (non-hydrogen) atoms. The second kappa shape index (κ2) is 23.7. The summed E-state index contributed by atoms with van der Waals surface area (Å²) in [5, 5.41) is 0. The maximum absolute atomic E-state index is 5.83. The molecule has 0 radical (unpaired) electrons. The SMILES string of the molecule is [S-]c1ccc(-c2ccccc2)cc1C=Nc1cc(N=Cc2cc(-c3ccccc3)ccc2[S-])c(N=Cc2cc(-c3ccccc3)ccc2[S-])cc1N=Cc1cc(-c2ccccc2)ccc1[S-].[Zn+2].[Zn+2].